The maximum atomic E-state index is 5.92. The third-order valence-electron chi connectivity index (χ3n) is 2.65. The van der Waals surface area contributed by atoms with E-state index >= 15 is 0 Å². The Morgan fingerprint density at radius 3 is 2.79 bits per heavy atom. The highest BCUT2D eigenvalue weighted by Crippen LogP contribution is 2.19. The Kier molecular flexibility index (Phi) is 5.12. The minimum absolute atomic E-state index is 0.0604. The number of halogens is 1. The second-order valence-corrected chi connectivity index (χ2v) is 4.49. The fraction of sp³-hybridized carbons (Fsp3) is 0.286. The molecule has 1 heterocycles. The van der Waals surface area contributed by atoms with Crippen molar-refractivity contribution in [2.45, 2.75) is 13.0 Å². The molecule has 1 N–H and O–H groups in total. The summed E-state index contributed by atoms with van der Waals surface area (Å²) in [6.45, 7) is 3.40. The largest absolute Gasteiger partial charge is 0.492 e. The predicted octanol–water partition coefficient (Wildman–Crippen LogP) is 2.86. The van der Waals surface area contributed by atoms with Crippen molar-refractivity contribution in [3.63, 3.8) is 0 Å². The molecule has 0 bridgehead atoms. The fourth-order valence-electron chi connectivity index (χ4n) is 1.75. The molecule has 0 radical (unpaired) electrons. The van der Waals surface area contributed by atoms with Crippen LogP contribution in [0.2, 0.25) is 5.02 Å². The lowest BCUT2D eigenvalue weighted by atomic mass is 10.1. The van der Waals surface area contributed by atoms with Gasteiger partial charge in [0.25, 0.3) is 0 Å². The molecule has 2 rings (SSSR count). The summed E-state index contributed by atoms with van der Waals surface area (Å²) in [5.74, 6) is 0.757. The Balaban J connectivity index is 2.01. The summed E-state index contributed by atoms with van der Waals surface area (Å²) in [4.78, 5) is 8.06. The zero-order valence-corrected chi connectivity index (χ0v) is 11.5. The van der Waals surface area contributed by atoms with Gasteiger partial charge in [-0.25, -0.2) is 9.97 Å². The number of nitrogens with zero attached hydrogens (tertiary/aromatic N) is 2. The van der Waals surface area contributed by atoms with Crippen LogP contribution in [0.5, 0.6) is 5.75 Å². The number of ether oxygens (including phenoxy) is 1. The van der Waals surface area contributed by atoms with Crippen molar-refractivity contribution >= 4 is 11.6 Å². The predicted molar refractivity (Wildman–Crippen MR) is 75.4 cm³/mol. The first-order chi connectivity index (χ1) is 9.29. The minimum atomic E-state index is 0.0604. The Morgan fingerprint density at radius 1 is 1.32 bits per heavy atom. The van der Waals surface area contributed by atoms with Crippen molar-refractivity contribution in [1.29, 1.82) is 0 Å². The minimum Gasteiger partial charge on any atom is -0.492 e. The summed E-state index contributed by atoms with van der Waals surface area (Å²) in [6.07, 6.45) is 5.10. The number of aromatic nitrogens is 2. The summed E-state index contributed by atoms with van der Waals surface area (Å²) in [7, 11) is 0. The normalized spacial score (nSPS) is 12.1. The van der Waals surface area contributed by atoms with Gasteiger partial charge in [-0.2, -0.15) is 0 Å². The van der Waals surface area contributed by atoms with Crippen LogP contribution in [0.3, 0.4) is 0 Å². The van der Waals surface area contributed by atoms with Gasteiger partial charge in [-0.05, 0) is 24.7 Å². The second-order valence-electron chi connectivity index (χ2n) is 4.05. The monoisotopic (exact) mass is 277 g/mol. The van der Waals surface area contributed by atoms with Crippen LogP contribution >= 0.6 is 11.6 Å². The average Bonchev–Trinajstić information content (AvgIpc) is 2.44. The lowest BCUT2D eigenvalue weighted by Crippen LogP contribution is -2.26. The fourth-order valence-corrected chi connectivity index (χ4v) is 1.93. The molecule has 19 heavy (non-hydrogen) atoms. The lowest BCUT2D eigenvalue weighted by Gasteiger charge is -2.18. The third kappa shape index (κ3) is 4.19. The van der Waals surface area contributed by atoms with Gasteiger partial charge in [-0.1, -0.05) is 24.6 Å². The summed E-state index contributed by atoms with van der Waals surface area (Å²) < 4.78 is 5.75. The van der Waals surface area contributed by atoms with E-state index in [1.165, 1.54) is 6.33 Å². The van der Waals surface area contributed by atoms with Gasteiger partial charge in [-0.15, -0.1) is 0 Å². The Hall–Kier alpha value is -1.65. The molecule has 1 unspecified atom stereocenters. The van der Waals surface area contributed by atoms with E-state index in [2.05, 4.69) is 22.2 Å². The molecule has 0 aliphatic carbocycles. The highest BCUT2D eigenvalue weighted by molar-refractivity contribution is 6.30. The third-order valence-corrected chi connectivity index (χ3v) is 2.88. The maximum absolute atomic E-state index is 5.92. The molecule has 0 amide bonds. The van der Waals surface area contributed by atoms with Gasteiger partial charge in [0, 0.05) is 23.0 Å². The number of likely N-dealkylation sites (N-methyl/N-ethyl adjacent to an activating group) is 1. The summed E-state index contributed by atoms with van der Waals surface area (Å²) in [5, 5.41) is 4.01. The molecule has 1 aromatic carbocycles. The first kappa shape index (κ1) is 13.8. The Labute approximate surface area is 117 Å². The Morgan fingerprint density at radius 2 is 2.11 bits per heavy atom. The zero-order chi connectivity index (χ0) is 13.5. The maximum Gasteiger partial charge on any atom is 0.120 e. The summed E-state index contributed by atoms with van der Waals surface area (Å²) in [6, 6.07) is 7.43. The Bertz CT molecular complexity index is 507. The van der Waals surface area contributed by atoms with E-state index in [0.29, 0.717) is 11.6 Å². The molecule has 0 saturated heterocycles. The molecule has 4 nitrogen and oxygen atoms in total. The van der Waals surface area contributed by atoms with Crippen molar-refractivity contribution < 1.29 is 4.74 Å². The molecule has 100 valence electrons. The van der Waals surface area contributed by atoms with Crippen LogP contribution in [0.1, 0.15) is 18.5 Å². The van der Waals surface area contributed by atoms with Gasteiger partial charge < -0.3 is 10.1 Å². The van der Waals surface area contributed by atoms with E-state index in [1.54, 1.807) is 18.5 Å². The molecule has 0 fully saturated rings. The molecule has 0 aliphatic heterocycles. The molecule has 1 atom stereocenters. The van der Waals surface area contributed by atoms with Crippen LogP contribution in [-0.2, 0) is 0 Å². The number of nitrogens with one attached hydrogen (secondary N) is 1. The lowest BCUT2D eigenvalue weighted by molar-refractivity contribution is 0.267. The van der Waals surface area contributed by atoms with Crippen LogP contribution in [0, 0.1) is 0 Å². The van der Waals surface area contributed by atoms with E-state index in [-0.39, 0.29) is 6.04 Å². The van der Waals surface area contributed by atoms with Crippen molar-refractivity contribution in [2.75, 3.05) is 13.2 Å². The average molecular weight is 278 g/mol. The van der Waals surface area contributed by atoms with Crippen molar-refractivity contribution in [3.8, 4) is 5.75 Å². The van der Waals surface area contributed by atoms with Crippen LogP contribution in [-0.4, -0.2) is 23.1 Å². The van der Waals surface area contributed by atoms with Crippen LogP contribution < -0.4 is 10.1 Å². The van der Waals surface area contributed by atoms with Crippen molar-refractivity contribution in [3.05, 3.63) is 53.6 Å². The zero-order valence-electron chi connectivity index (χ0n) is 10.7. The summed E-state index contributed by atoms with van der Waals surface area (Å²) in [5.41, 5.74) is 1.01. The molecule has 1 aromatic heterocycles. The van der Waals surface area contributed by atoms with Crippen LogP contribution in [0.4, 0.5) is 0 Å². The number of benzene rings is 1. The molecule has 0 spiro atoms. The quantitative estimate of drug-likeness (QED) is 0.882. The van der Waals surface area contributed by atoms with Gasteiger partial charge in [0.1, 0.15) is 18.7 Å². The van der Waals surface area contributed by atoms with E-state index in [0.717, 1.165) is 17.9 Å². The highest BCUT2D eigenvalue weighted by Gasteiger charge is 2.11. The molecule has 5 heteroatoms. The van der Waals surface area contributed by atoms with E-state index < -0.39 is 0 Å². The number of hydrogen-bond acceptors (Lipinski definition) is 4. The molecular formula is C14H16ClN3O. The van der Waals surface area contributed by atoms with Crippen molar-refractivity contribution in [1.82, 2.24) is 15.3 Å². The first-order valence-corrected chi connectivity index (χ1v) is 6.54. The number of hydrogen-bond donors (Lipinski definition) is 1. The van der Waals surface area contributed by atoms with Gasteiger partial charge in [0.05, 0.1) is 6.04 Å². The first-order valence-electron chi connectivity index (χ1n) is 6.16. The topological polar surface area (TPSA) is 47.0 Å². The van der Waals surface area contributed by atoms with E-state index in [9.17, 15) is 0 Å². The van der Waals surface area contributed by atoms with E-state index in [1.807, 2.05) is 18.2 Å². The molecule has 0 saturated carbocycles. The number of rotatable bonds is 6. The van der Waals surface area contributed by atoms with Gasteiger partial charge in [0.15, 0.2) is 0 Å². The van der Waals surface area contributed by atoms with Gasteiger partial charge in [0.2, 0.25) is 0 Å². The summed E-state index contributed by atoms with van der Waals surface area (Å²) >= 11 is 5.92. The standard InChI is InChI=1S/C14H16ClN3O/c1-2-18-14(11-7-16-10-17-8-11)9-19-13-5-3-4-12(15)6-13/h3-8,10,14,18H,2,9H2,1H3. The molecule has 0 aliphatic rings. The molecule has 2 aromatic rings. The second kappa shape index (κ2) is 7.07. The van der Waals surface area contributed by atoms with Gasteiger partial charge >= 0.3 is 0 Å². The van der Waals surface area contributed by atoms with Crippen LogP contribution in [0.15, 0.2) is 43.0 Å². The highest BCUT2D eigenvalue weighted by atomic mass is 35.5. The van der Waals surface area contributed by atoms with Gasteiger partial charge in [-0.3, -0.25) is 0 Å². The van der Waals surface area contributed by atoms with E-state index in [4.69, 9.17) is 16.3 Å². The molecular weight excluding hydrogens is 262 g/mol. The van der Waals surface area contributed by atoms with Crippen molar-refractivity contribution in [2.24, 2.45) is 0 Å². The smallest absolute Gasteiger partial charge is 0.120 e. The van der Waals surface area contributed by atoms with Crippen LogP contribution in [0.25, 0.3) is 0 Å². The SMILES string of the molecule is CCNC(COc1cccc(Cl)c1)c1cncnc1.